The van der Waals surface area contributed by atoms with Gasteiger partial charge in [-0.1, -0.05) is 75.4 Å². The van der Waals surface area contributed by atoms with Crippen LogP contribution in [0.2, 0.25) is 0 Å². The number of carbonyl (C=O) groups is 1. The SMILES string of the molecule is CCCCCCCCc1cccc2cccc([C@H](N3CC(C)(C)C(=O)N3)C(F)(F)F)c12. The molecule has 1 saturated heterocycles. The fourth-order valence-corrected chi connectivity index (χ4v) is 4.48. The molecule has 1 N–H and O–H groups in total. The van der Waals surface area contributed by atoms with E-state index < -0.39 is 17.6 Å². The van der Waals surface area contributed by atoms with Crippen LogP contribution in [0.5, 0.6) is 0 Å². The van der Waals surface area contributed by atoms with Gasteiger partial charge in [-0.25, -0.2) is 5.01 Å². The van der Waals surface area contributed by atoms with Crippen LogP contribution in [0.1, 0.15) is 76.5 Å². The van der Waals surface area contributed by atoms with E-state index in [1.165, 1.54) is 19.3 Å². The van der Waals surface area contributed by atoms with E-state index in [1.54, 1.807) is 26.0 Å². The van der Waals surface area contributed by atoms with Gasteiger partial charge in [-0.3, -0.25) is 10.2 Å². The molecule has 170 valence electrons. The molecule has 0 aliphatic carbocycles. The molecular formula is C25H33F3N2O. The lowest BCUT2D eigenvalue weighted by molar-refractivity contribution is -0.191. The summed E-state index contributed by atoms with van der Waals surface area (Å²) in [7, 11) is 0. The Hall–Kier alpha value is -2.08. The van der Waals surface area contributed by atoms with Crippen LogP contribution in [0, 0.1) is 5.41 Å². The van der Waals surface area contributed by atoms with Gasteiger partial charge in [-0.05, 0) is 48.6 Å². The molecule has 0 spiro atoms. The summed E-state index contributed by atoms with van der Waals surface area (Å²) in [6, 6.07) is 8.94. The van der Waals surface area contributed by atoms with Crippen LogP contribution in [-0.2, 0) is 11.2 Å². The first kappa shape index (κ1) is 23.6. The number of hydrazine groups is 1. The lowest BCUT2D eigenvalue weighted by Crippen LogP contribution is -2.43. The minimum atomic E-state index is -4.52. The van der Waals surface area contributed by atoms with Gasteiger partial charge in [0, 0.05) is 6.54 Å². The van der Waals surface area contributed by atoms with Crippen molar-refractivity contribution in [3.8, 4) is 0 Å². The monoisotopic (exact) mass is 434 g/mol. The number of unbranched alkanes of at least 4 members (excludes halogenated alkanes) is 5. The van der Waals surface area contributed by atoms with Gasteiger partial charge in [0.1, 0.15) is 0 Å². The lowest BCUT2D eigenvalue weighted by atomic mass is 9.90. The first-order valence-corrected chi connectivity index (χ1v) is 11.3. The van der Waals surface area contributed by atoms with Crippen LogP contribution in [0.15, 0.2) is 36.4 Å². The van der Waals surface area contributed by atoms with Gasteiger partial charge in [0.15, 0.2) is 6.04 Å². The number of alkyl halides is 3. The summed E-state index contributed by atoms with van der Waals surface area (Å²) in [6.45, 7) is 5.52. The smallest absolute Gasteiger partial charge is 0.287 e. The van der Waals surface area contributed by atoms with E-state index in [0.29, 0.717) is 5.39 Å². The molecule has 2 aromatic rings. The molecule has 0 unspecified atom stereocenters. The number of rotatable bonds is 9. The third-order valence-corrected chi connectivity index (χ3v) is 6.16. The third-order valence-electron chi connectivity index (χ3n) is 6.16. The van der Waals surface area contributed by atoms with Gasteiger partial charge < -0.3 is 0 Å². The van der Waals surface area contributed by atoms with Crippen molar-refractivity contribution in [2.45, 2.75) is 77.9 Å². The second-order valence-corrected chi connectivity index (χ2v) is 9.28. The van der Waals surface area contributed by atoms with E-state index in [9.17, 15) is 18.0 Å². The number of halogens is 3. The number of hydrogen-bond donors (Lipinski definition) is 1. The summed E-state index contributed by atoms with van der Waals surface area (Å²) in [5, 5.41) is 2.54. The van der Waals surface area contributed by atoms with Gasteiger partial charge in [0.25, 0.3) is 0 Å². The first-order valence-electron chi connectivity index (χ1n) is 11.3. The van der Waals surface area contributed by atoms with Crippen molar-refractivity contribution in [1.82, 2.24) is 10.4 Å². The highest BCUT2D eigenvalue weighted by atomic mass is 19.4. The Kier molecular flexibility index (Phi) is 7.30. The number of benzene rings is 2. The lowest BCUT2D eigenvalue weighted by Gasteiger charge is -2.31. The predicted octanol–water partition coefficient (Wildman–Crippen LogP) is 6.72. The van der Waals surface area contributed by atoms with E-state index in [1.807, 2.05) is 24.3 Å². The van der Waals surface area contributed by atoms with Crippen molar-refractivity contribution in [2.24, 2.45) is 5.41 Å². The van der Waals surface area contributed by atoms with Crippen molar-refractivity contribution in [3.05, 3.63) is 47.5 Å². The summed E-state index contributed by atoms with van der Waals surface area (Å²) in [4.78, 5) is 12.2. The fourth-order valence-electron chi connectivity index (χ4n) is 4.48. The van der Waals surface area contributed by atoms with Gasteiger partial charge in [-0.2, -0.15) is 13.2 Å². The molecule has 1 amide bonds. The van der Waals surface area contributed by atoms with E-state index >= 15 is 0 Å². The number of amides is 1. The average molecular weight is 435 g/mol. The molecule has 0 bridgehead atoms. The summed E-state index contributed by atoms with van der Waals surface area (Å²) in [6.07, 6.45) is 3.06. The molecular weight excluding hydrogens is 401 g/mol. The second-order valence-electron chi connectivity index (χ2n) is 9.28. The summed E-state index contributed by atoms with van der Waals surface area (Å²) in [5.41, 5.74) is 2.77. The molecule has 1 fully saturated rings. The average Bonchev–Trinajstić information content (AvgIpc) is 2.95. The number of carbonyl (C=O) groups excluding carboxylic acids is 1. The highest BCUT2D eigenvalue weighted by Gasteiger charge is 2.51. The Balaban J connectivity index is 1.95. The third kappa shape index (κ3) is 5.40. The van der Waals surface area contributed by atoms with Crippen LogP contribution < -0.4 is 5.43 Å². The zero-order valence-electron chi connectivity index (χ0n) is 18.7. The molecule has 0 aromatic heterocycles. The van der Waals surface area contributed by atoms with Crippen LogP contribution in [-0.4, -0.2) is 23.6 Å². The van der Waals surface area contributed by atoms with Crippen LogP contribution in [0.3, 0.4) is 0 Å². The van der Waals surface area contributed by atoms with Crippen molar-refractivity contribution in [3.63, 3.8) is 0 Å². The molecule has 31 heavy (non-hydrogen) atoms. The van der Waals surface area contributed by atoms with E-state index in [2.05, 4.69) is 12.3 Å². The molecule has 0 radical (unpaired) electrons. The zero-order chi connectivity index (χ0) is 22.6. The number of nitrogens with zero attached hydrogens (tertiary/aromatic N) is 1. The Morgan fingerprint density at radius 1 is 1.03 bits per heavy atom. The Bertz CT molecular complexity index is 902. The van der Waals surface area contributed by atoms with Crippen molar-refractivity contribution < 1.29 is 18.0 Å². The van der Waals surface area contributed by atoms with Crippen molar-refractivity contribution in [2.75, 3.05) is 6.54 Å². The van der Waals surface area contributed by atoms with Crippen LogP contribution in [0.4, 0.5) is 13.2 Å². The Morgan fingerprint density at radius 2 is 1.68 bits per heavy atom. The first-order chi connectivity index (χ1) is 14.6. The van der Waals surface area contributed by atoms with Gasteiger partial charge in [0.2, 0.25) is 5.91 Å². The van der Waals surface area contributed by atoms with Crippen molar-refractivity contribution in [1.29, 1.82) is 0 Å². The predicted molar refractivity (Wildman–Crippen MR) is 118 cm³/mol. The molecule has 1 aliphatic rings. The topological polar surface area (TPSA) is 32.3 Å². The molecule has 1 atom stereocenters. The van der Waals surface area contributed by atoms with E-state index in [4.69, 9.17) is 0 Å². The van der Waals surface area contributed by atoms with Crippen LogP contribution >= 0.6 is 0 Å². The summed E-state index contributed by atoms with van der Waals surface area (Å²) >= 11 is 0. The normalized spacial score (nSPS) is 17.8. The second kappa shape index (κ2) is 9.60. The number of hydrogen-bond acceptors (Lipinski definition) is 2. The molecule has 1 heterocycles. The quantitative estimate of drug-likeness (QED) is 0.444. The highest BCUT2D eigenvalue weighted by Crippen LogP contribution is 2.43. The number of aryl methyl sites for hydroxylation is 1. The molecule has 6 heteroatoms. The highest BCUT2D eigenvalue weighted by molar-refractivity contribution is 5.90. The van der Waals surface area contributed by atoms with Gasteiger partial charge in [0.05, 0.1) is 5.41 Å². The summed E-state index contributed by atoms with van der Waals surface area (Å²) in [5.74, 6) is -0.380. The number of nitrogens with one attached hydrogen (secondary N) is 1. The van der Waals surface area contributed by atoms with Gasteiger partial charge in [-0.15, -0.1) is 0 Å². The van der Waals surface area contributed by atoms with Crippen molar-refractivity contribution >= 4 is 16.7 Å². The van der Waals surface area contributed by atoms with E-state index in [-0.39, 0.29) is 18.0 Å². The Morgan fingerprint density at radius 3 is 2.29 bits per heavy atom. The zero-order valence-corrected chi connectivity index (χ0v) is 18.7. The maximum atomic E-state index is 14.3. The maximum absolute atomic E-state index is 14.3. The van der Waals surface area contributed by atoms with Crippen LogP contribution in [0.25, 0.3) is 10.8 Å². The largest absolute Gasteiger partial charge is 0.409 e. The molecule has 1 aliphatic heterocycles. The number of fused-ring (bicyclic) bond motifs is 1. The molecule has 3 rings (SSSR count). The standard InChI is InChI=1S/C25H33F3N2O/c1-4-5-6-7-8-9-12-18-13-10-14-19-15-11-16-20(21(18)19)22(25(26,27)28)30-17-24(2,3)23(31)29-30/h10-11,13-16,22H,4-9,12,17H2,1-3H3,(H,29,31)/t22-/m0/s1. The Labute approximate surface area is 183 Å². The summed E-state index contributed by atoms with van der Waals surface area (Å²) < 4.78 is 43.0. The minimum Gasteiger partial charge on any atom is -0.287 e. The van der Waals surface area contributed by atoms with Gasteiger partial charge >= 0.3 is 6.18 Å². The fraction of sp³-hybridized carbons (Fsp3) is 0.560. The van der Waals surface area contributed by atoms with E-state index in [0.717, 1.165) is 41.6 Å². The maximum Gasteiger partial charge on any atom is 0.409 e. The molecule has 2 aromatic carbocycles. The molecule has 0 saturated carbocycles. The molecule has 3 nitrogen and oxygen atoms in total. The minimum absolute atomic E-state index is 0.00595.